The number of nitrogens with two attached hydrogens (primary N) is 1. The van der Waals surface area contributed by atoms with E-state index < -0.39 is 5.97 Å². The molecule has 0 fully saturated rings. The Labute approximate surface area is 131 Å². The van der Waals surface area contributed by atoms with Gasteiger partial charge in [0.25, 0.3) is 0 Å². The summed E-state index contributed by atoms with van der Waals surface area (Å²) in [4.78, 5) is 11.6. The normalized spacial score (nSPS) is 10.1. The summed E-state index contributed by atoms with van der Waals surface area (Å²) in [5, 5.41) is 0. The number of carbonyl (C=O) groups excluding carboxylic acids is 1. The monoisotopic (exact) mass is 383 g/mol. The smallest absolute Gasteiger partial charge is 0.344 e. The molecule has 0 aromatic heterocycles. The van der Waals surface area contributed by atoms with Gasteiger partial charge in [-0.1, -0.05) is 18.2 Å². The van der Waals surface area contributed by atoms with Crippen LogP contribution in [0.2, 0.25) is 0 Å². The molecule has 0 aliphatic heterocycles. The highest BCUT2D eigenvalue weighted by molar-refractivity contribution is 14.1. The second-order valence-electron chi connectivity index (χ2n) is 4.15. The summed E-state index contributed by atoms with van der Waals surface area (Å²) < 4.78 is 11.6. The van der Waals surface area contributed by atoms with Crippen LogP contribution >= 0.6 is 22.6 Å². The molecule has 0 saturated heterocycles. The summed E-state index contributed by atoms with van der Waals surface area (Å²) in [6.07, 6.45) is 0. The van der Waals surface area contributed by atoms with Crippen molar-refractivity contribution >= 4 is 34.2 Å². The molecule has 2 aromatic carbocycles. The molecule has 104 valence electrons. The maximum Gasteiger partial charge on any atom is 0.344 e. The summed E-state index contributed by atoms with van der Waals surface area (Å²) in [7, 11) is 0. The van der Waals surface area contributed by atoms with Gasteiger partial charge in [0.2, 0.25) is 0 Å². The average Bonchev–Trinajstić information content (AvgIpc) is 2.45. The van der Waals surface area contributed by atoms with Gasteiger partial charge in [-0.25, -0.2) is 4.79 Å². The maximum atomic E-state index is 11.6. The summed E-state index contributed by atoms with van der Waals surface area (Å²) in [5.74, 6) is 0.141. The molecular formula is C15H14INO3. The van der Waals surface area contributed by atoms with Crippen LogP contribution in [-0.4, -0.2) is 12.6 Å². The van der Waals surface area contributed by atoms with Crippen LogP contribution < -0.4 is 10.5 Å². The predicted octanol–water partition coefficient (Wildman–Crippen LogP) is 3.00. The molecule has 0 spiro atoms. The molecule has 0 amide bonds. The molecule has 0 bridgehead atoms. The molecule has 0 saturated carbocycles. The van der Waals surface area contributed by atoms with Crippen molar-refractivity contribution in [1.29, 1.82) is 0 Å². The van der Waals surface area contributed by atoms with Crippen molar-refractivity contribution in [3.63, 3.8) is 0 Å². The minimum Gasteiger partial charge on any atom is -0.482 e. The van der Waals surface area contributed by atoms with Gasteiger partial charge in [0.05, 0.1) is 0 Å². The van der Waals surface area contributed by atoms with Gasteiger partial charge in [-0.3, -0.25) is 0 Å². The second kappa shape index (κ2) is 7.14. The molecule has 0 aliphatic rings. The number of carbonyl (C=O) groups is 1. The molecular weight excluding hydrogens is 369 g/mol. The second-order valence-corrected chi connectivity index (χ2v) is 5.39. The van der Waals surface area contributed by atoms with Gasteiger partial charge in [0.15, 0.2) is 6.61 Å². The summed E-state index contributed by atoms with van der Waals surface area (Å²) >= 11 is 2.22. The topological polar surface area (TPSA) is 61.5 Å². The zero-order valence-electron chi connectivity index (χ0n) is 10.7. The molecule has 0 aliphatic carbocycles. The highest BCUT2D eigenvalue weighted by atomic mass is 127. The molecule has 4 nitrogen and oxygen atoms in total. The first-order valence-corrected chi connectivity index (χ1v) is 7.10. The van der Waals surface area contributed by atoms with Gasteiger partial charge < -0.3 is 15.2 Å². The van der Waals surface area contributed by atoms with E-state index in [9.17, 15) is 4.79 Å². The van der Waals surface area contributed by atoms with Crippen LogP contribution in [0.3, 0.4) is 0 Å². The van der Waals surface area contributed by atoms with Crippen LogP contribution in [0.15, 0.2) is 48.5 Å². The van der Waals surface area contributed by atoms with E-state index >= 15 is 0 Å². The van der Waals surface area contributed by atoms with E-state index in [0.29, 0.717) is 11.4 Å². The molecule has 2 rings (SSSR count). The Balaban J connectivity index is 1.77. The van der Waals surface area contributed by atoms with Crippen LogP contribution in [-0.2, 0) is 16.1 Å². The fourth-order valence-corrected chi connectivity index (χ4v) is 1.89. The van der Waals surface area contributed by atoms with Crippen molar-refractivity contribution in [2.24, 2.45) is 0 Å². The molecule has 0 unspecified atom stereocenters. The maximum absolute atomic E-state index is 11.6. The third kappa shape index (κ3) is 4.73. The first kappa shape index (κ1) is 14.6. The Morgan fingerprint density at radius 2 is 1.90 bits per heavy atom. The number of halogens is 1. The Morgan fingerprint density at radius 1 is 1.15 bits per heavy atom. The van der Waals surface area contributed by atoms with E-state index in [-0.39, 0.29) is 13.2 Å². The Kier molecular flexibility index (Phi) is 5.23. The Hall–Kier alpha value is -1.76. The Morgan fingerprint density at radius 3 is 2.60 bits per heavy atom. The summed E-state index contributed by atoms with van der Waals surface area (Å²) in [6, 6.07) is 14.7. The van der Waals surface area contributed by atoms with Gasteiger partial charge >= 0.3 is 5.97 Å². The molecule has 5 heteroatoms. The predicted molar refractivity (Wildman–Crippen MR) is 85.3 cm³/mol. The summed E-state index contributed by atoms with van der Waals surface area (Å²) in [6.45, 7) is 0.115. The van der Waals surface area contributed by atoms with Crippen molar-refractivity contribution in [3.8, 4) is 5.75 Å². The number of hydrogen-bond donors (Lipinski definition) is 1. The number of benzene rings is 2. The van der Waals surface area contributed by atoms with Crippen LogP contribution in [0.25, 0.3) is 0 Å². The minimum atomic E-state index is -0.411. The lowest BCUT2D eigenvalue weighted by molar-refractivity contribution is -0.147. The van der Waals surface area contributed by atoms with Crippen molar-refractivity contribution in [3.05, 3.63) is 57.7 Å². The lowest BCUT2D eigenvalue weighted by atomic mass is 10.2. The average molecular weight is 383 g/mol. The molecule has 0 atom stereocenters. The number of nitrogen functional groups attached to an aromatic ring is 1. The van der Waals surface area contributed by atoms with E-state index in [1.54, 1.807) is 24.3 Å². The molecule has 0 radical (unpaired) electrons. The van der Waals surface area contributed by atoms with E-state index in [2.05, 4.69) is 22.6 Å². The quantitative estimate of drug-likeness (QED) is 0.490. The lowest BCUT2D eigenvalue weighted by Crippen LogP contribution is -2.14. The highest BCUT2D eigenvalue weighted by Gasteiger charge is 2.05. The van der Waals surface area contributed by atoms with E-state index in [1.807, 2.05) is 24.3 Å². The van der Waals surface area contributed by atoms with Crippen molar-refractivity contribution in [1.82, 2.24) is 0 Å². The van der Waals surface area contributed by atoms with Gasteiger partial charge in [0.1, 0.15) is 12.4 Å². The van der Waals surface area contributed by atoms with Crippen molar-refractivity contribution in [2.75, 3.05) is 12.3 Å². The van der Waals surface area contributed by atoms with Crippen molar-refractivity contribution in [2.45, 2.75) is 6.61 Å². The number of esters is 1. The molecule has 20 heavy (non-hydrogen) atoms. The first-order chi connectivity index (χ1) is 9.63. The fraction of sp³-hybridized carbons (Fsp3) is 0.133. The number of rotatable bonds is 5. The number of anilines is 1. The SMILES string of the molecule is Nc1cccc(OCC(=O)OCc2ccc(I)cc2)c1. The third-order valence-corrected chi connectivity index (χ3v) is 3.25. The summed E-state index contributed by atoms with van der Waals surface area (Å²) in [5.41, 5.74) is 7.15. The molecule has 0 heterocycles. The number of ether oxygens (including phenoxy) is 2. The standard InChI is InChI=1S/C15H14INO3/c16-12-6-4-11(5-7-12)9-20-15(18)10-19-14-3-1-2-13(17)8-14/h1-8H,9-10,17H2. The molecule has 2 aromatic rings. The van der Waals surface area contributed by atoms with E-state index in [1.165, 1.54) is 0 Å². The van der Waals surface area contributed by atoms with Crippen LogP contribution in [0.1, 0.15) is 5.56 Å². The largest absolute Gasteiger partial charge is 0.482 e. The molecule has 2 N–H and O–H groups in total. The minimum absolute atomic E-state index is 0.131. The third-order valence-electron chi connectivity index (χ3n) is 2.53. The van der Waals surface area contributed by atoms with Crippen molar-refractivity contribution < 1.29 is 14.3 Å². The van der Waals surface area contributed by atoms with Gasteiger partial charge in [-0.05, 0) is 52.4 Å². The Bertz CT molecular complexity index is 584. The zero-order chi connectivity index (χ0) is 14.4. The lowest BCUT2D eigenvalue weighted by Gasteiger charge is -2.07. The van der Waals surface area contributed by atoms with Crippen LogP contribution in [0.5, 0.6) is 5.75 Å². The van der Waals surface area contributed by atoms with E-state index in [4.69, 9.17) is 15.2 Å². The number of hydrogen-bond acceptors (Lipinski definition) is 4. The van der Waals surface area contributed by atoms with Gasteiger partial charge in [-0.15, -0.1) is 0 Å². The zero-order valence-corrected chi connectivity index (χ0v) is 12.9. The van der Waals surface area contributed by atoms with Crippen LogP contribution in [0, 0.1) is 3.57 Å². The fourth-order valence-electron chi connectivity index (χ4n) is 1.53. The van der Waals surface area contributed by atoms with Gasteiger partial charge in [0, 0.05) is 15.3 Å². The first-order valence-electron chi connectivity index (χ1n) is 6.02. The highest BCUT2D eigenvalue weighted by Crippen LogP contribution is 2.14. The van der Waals surface area contributed by atoms with E-state index in [0.717, 1.165) is 9.13 Å². The van der Waals surface area contributed by atoms with Gasteiger partial charge in [-0.2, -0.15) is 0 Å². The van der Waals surface area contributed by atoms with Crippen LogP contribution in [0.4, 0.5) is 5.69 Å².